The molecule has 0 spiro atoms. The first-order chi connectivity index (χ1) is 17.1. The zero-order valence-corrected chi connectivity index (χ0v) is 21.6. The Morgan fingerprint density at radius 1 is 1.08 bits per heavy atom. The number of hydrogen-bond acceptors (Lipinski definition) is 6. The number of ether oxygens (including phenoxy) is 1. The van der Waals surface area contributed by atoms with Gasteiger partial charge in [-0.3, -0.25) is 0 Å². The number of nitrogens with zero attached hydrogens (tertiary/aromatic N) is 1. The first-order valence-corrected chi connectivity index (χ1v) is 13.7. The largest absolute Gasteiger partial charge is 0.462 e. The molecule has 2 aromatic carbocycles. The molecule has 0 fully saturated rings. The van der Waals surface area contributed by atoms with Gasteiger partial charge >= 0.3 is 0 Å². The molecule has 0 bridgehead atoms. The summed E-state index contributed by atoms with van der Waals surface area (Å²) in [6.07, 6.45) is 1.72. The van der Waals surface area contributed by atoms with Crippen LogP contribution in [-0.2, 0) is 34.1 Å². The number of rotatable bonds is 13. The van der Waals surface area contributed by atoms with Gasteiger partial charge in [-0.05, 0) is 47.6 Å². The fraction of sp³-hybridized carbons (Fsp3) is 0.462. The van der Waals surface area contributed by atoms with E-state index in [1.54, 1.807) is 13.8 Å². The maximum Gasteiger partial charge on any atom is 0.241 e. The molecule has 198 valence electrons. The number of hydrogen-bond donors (Lipinski definition) is 3. The van der Waals surface area contributed by atoms with Gasteiger partial charge in [0.15, 0.2) is 0 Å². The van der Waals surface area contributed by atoms with Gasteiger partial charge in [-0.15, -0.1) is 0 Å². The fourth-order valence-corrected chi connectivity index (χ4v) is 5.67. The first-order valence-electron chi connectivity index (χ1n) is 12.1. The SMILES string of the molecule is CCc1cccc(CNC[C@@H](O)[C@H](Cc2cc(F)cc(F)c2)N2C=COC2NS(=O)(=O)CC(C)C)c1. The van der Waals surface area contributed by atoms with Crippen molar-refractivity contribution in [2.75, 3.05) is 12.3 Å². The Hall–Kier alpha value is -2.53. The third-order valence-corrected chi connectivity index (χ3v) is 7.49. The summed E-state index contributed by atoms with van der Waals surface area (Å²) in [5.41, 5.74) is 2.60. The predicted molar refractivity (Wildman–Crippen MR) is 135 cm³/mol. The second kappa shape index (κ2) is 12.6. The van der Waals surface area contributed by atoms with Crippen LogP contribution < -0.4 is 10.0 Å². The Morgan fingerprint density at radius 2 is 1.78 bits per heavy atom. The van der Waals surface area contributed by atoms with E-state index in [-0.39, 0.29) is 24.6 Å². The average molecular weight is 524 g/mol. The molecule has 0 saturated heterocycles. The Morgan fingerprint density at radius 3 is 2.44 bits per heavy atom. The van der Waals surface area contributed by atoms with Gasteiger partial charge in [-0.2, -0.15) is 4.72 Å². The maximum atomic E-state index is 13.9. The van der Waals surface area contributed by atoms with Crippen LogP contribution in [0.4, 0.5) is 8.78 Å². The van der Waals surface area contributed by atoms with E-state index in [0.717, 1.165) is 18.1 Å². The molecular weight excluding hydrogens is 488 g/mol. The van der Waals surface area contributed by atoms with Crippen molar-refractivity contribution in [3.05, 3.63) is 83.3 Å². The lowest BCUT2D eigenvalue weighted by atomic mass is 9.99. The number of halogens is 2. The second-order valence-electron chi connectivity index (χ2n) is 9.43. The van der Waals surface area contributed by atoms with Crippen LogP contribution in [0.15, 0.2) is 54.9 Å². The quantitative estimate of drug-likeness (QED) is 0.374. The zero-order valence-electron chi connectivity index (χ0n) is 20.8. The van der Waals surface area contributed by atoms with E-state index >= 15 is 0 Å². The number of aryl methyl sites for hydroxylation is 1. The van der Waals surface area contributed by atoms with Crippen LogP contribution in [0, 0.1) is 17.6 Å². The highest BCUT2D eigenvalue weighted by atomic mass is 32.2. The van der Waals surface area contributed by atoms with Crippen molar-refractivity contribution in [3.8, 4) is 0 Å². The topological polar surface area (TPSA) is 90.9 Å². The summed E-state index contributed by atoms with van der Waals surface area (Å²) in [4.78, 5) is 1.53. The first kappa shape index (κ1) is 28.0. The highest BCUT2D eigenvalue weighted by molar-refractivity contribution is 7.89. The van der Waals surface area contributed by atoms with E-state index in [0.29, 0.717) is 12.1 Å². The molecule has 3 rings (SSSR count). The van der Waals surface area contributed by atoms with Crippen molar-refractivity contribution < 1.29 is 27.0 Å². The molecule has 3 N–H and O–H groups in total. The van der Waals surface area contributed by atoms with Crippen molar-refractivity contribution >= 4 is 10.0 Å². The Labute approximate surface area is 212 Å². The normalized spacial score (nSPS) is 17.4. The summed E-state index contributed by atoms with van der Waals surface area (Å²) in [5.74, 6) is -1.65. The van der Waals surface area contributed by atoms with Crippen LogP contribution >= 0.6 is 0 Å². The van der Waals surface area contributed by atoms with Crippen molar-refractivity contribution in [1.82, 2.24) is 14.9 Å². The van der Waals surface area contributed by atoms with E-state index in [2.05, 4.69) is 23.0 Å². The number of aliphatic hydroxyl groups excluding tert-OH is 1. The minimum atomic E-state index is -3.68. The lowest BCUT2D eigenvalue weighted by molar-refractivity contribution is -0.0190. The van der Waals surface area contributed by atoms with Crippen molar-refractivity contribution in [3.63, 3.8) is 0 Å². The molecule has 1 heterocycles. The summed E-state index contributed by atoms with van der Waals surface area (Å²) in [6, 6.07) is 10.5. The summed E-state index contributed by atoms with van der Waals surface area (Å²) in [6.45, 7) is 6.33. The minimum Gasteiger partial charge on any atom is -0.462 e. The van der Waals surface area contributed by atoms with Gasteiger partial charge in [-0.1, -0.05) is 45.0 Å². The third kappa shape index (κ3) is 8.26. The average Bonchev–Trinajstić information content (AvgIpc) is 3.22. The number of nitrogens with one attached hydrogen (secondary N) is 2. The maximum absolute atomic E-state index is 13.9. The molecule has 7 nitrogen and oxygen atoms in total. The van der Waals surface area contributed by atoms with Crippen LogP contribution in [0.2, 0.25) is 0 Å². The molecule has 36 heavy (non-hydrogen) atoms. The highest BCUT2D eigenvalue weighted by Crippen LogP contribution is 2.22. The zero-order chi connectivity index (χ0) is 26.3. The van der Waals surface area contributed by atoms with Gasteiger partial charge in [0.05, 0.1) is 17.9 Å². The summed E-state index contributed by atoms with van der Waals surface area (Å²) >= 11 is 0. The molecule has 3 atom stereocenters. The summed E-state index contributed by atoms with van der Waals surface area (Å²) in [5, 5.41) is 14.4. The summed E-state index contributed by atoms with van der Waals surface area (Å²) in [7, 11) is -3.68. The predicted octanol–water partition coefficient (Wildman–Crippen LogP) is 3.25. The molecule has 0 radical (unpaired) electrons. The van der Waals surface area contributed by atoms with Gasteiger partial charge in [0, 0.05) is 25.4 Å². The molecule has 10 heteroatoms. The monoisotopic (exact) mass is 523 g/mol. The van der Waals surface area contributed by atoms with E-state index in [9.17, 15) is 22.3 Å². The van der Waals surface area contributed by atoms with Gasteiger partial charge in [0.25, 0.3) is 0 Å². The second-order valence-corrected chi connectivity index (χ2v) is 11.2. The minimum absolute atomic E-state index is 0.0545. The lowest BCUT2D eigenvalue weighted by Gasteiger charge is -2.35. The van der Waals surface area contributed by atoms with Gasteiger partial charge in [-0.25, -0.2) is 17.2 Å². The van der Waals surface area contributed by atoms with Crippen LogP contribution in [0.25, 0.3) is 0 Å². The lowest BCUT2D eigenvalue weighted by Crippen LogP contribution is -2.55. The van der Waals surface area contributed by atoms with Crippen molar-refractivity contribution in [2.24, 2.45) is 5.92 Å². The molecule has 1 unspecified atom stereocenters. The molecular formula is C26H35F2N3O4S. The molecule has 0 aromatic heterocycles. The number of benzene rings is 2. The van der Waals surface area contributed by atoms with Crippen LogP contribution in [0.3, 0.4) is 0 Å². The molecule has 0 aliphatic carbocycles. The molecule has 0 amide bonds. The van der Waals surface area contributed by atoms with Crippen LogP contribution in [0.1, 0.15) is 37.5 Å². The van der Waals surface area contributed by atoms with E-state index in [1.165, 1.54) is 35.1 Å². The van der Waals surface area contributed by atoms with Gasteiger partial charge in [0.2, 0.25) is 16.4 Å². The van der Waals surface area contributed by atoms with Gasteiger partial charge in [0.1, 0.15) is 17.9 Å². The summed E-state index contributed by atoms with van der Waals surface area (Å²) < 4.78 is 60.8. The van der Waals surface area contributed by atoms with Crippen LogP contribution in [-0.4, -0.2) is 49.2 Å². The van der Waals surface area contributed by atoms with Crippen LogP contribution in [0.5, 0.6) is 0 Å². The van der Waals surface area contributed by atoms with E-state index < -0.39 is 40.2 Å². The standard InChI is InChI=1S/C26H35F2N3O4S/c1-4-19-6-5-7-20(10-19)15-29-16-25(32)24(13-21-11-22(27)14-23(28)12-21)31-8-9-35-26(31)30-36(33,34)17-18(2)3/h5-12,14,18,24-26,29-30,32H,4,13,15-17H2,1-3H3/t24-,25+,26?/m0/s1. The van der Waals surface area contributed by atoms with Gasteiger partial charge < -0.3 is 20.1 Å². The Balaban J connectivity index is 1.77. The smallest absolute Gasteiger partial charge is 0.241 e. The molecule has 0 saturated carbocycles. The van der Waals surface area contributed by atoms with Crippen molar-refractivity contribution in [2.45, 2.75) is 58.7 Å². The number of aliphatic hydroxyl groups is 1. The van der Waals surface area contributed by atoms with E-state index in [1.807, 2.05) is 18.2 Å². The third-order valence-electron chi connectivity index (χ3n) is 5.82. The van der Waals surface area contributed by atoms with Crippen molar-refractivity contribution in [1.29, 1.82) is 0 Å². The number of sulfonamides is 1. The fourth-order valence-electron chi connectivity index (χ4n) is 4.21. The molecule has 1 aliphatic heterocycles. The van der Waals surface area contributed by atoms with E-state index in [4.69, 9.17) is 4.74 Å². The Bertz CT molecular complexity index is 1120. The highest BCUT2D eigenvalue weighted by Gasteiger charge is 2.35. The Kier molecular flexibility index (Phi) is 9.84. The molecule has 1 aliphatic rings. The molecule has 2 aromatic rings.